The molecule has 5 heterocycles. The number of likely N-dealkylation sites (N-methyl/N-ethyl adjacent to an activating group) is 2. The number of amides is 6. The van der Waals surface area contributed by atoms with Crippen LogP contribution in [0.5, 0.6) is 0 Å². The lowest BCUT2D eigenvalue weighted by molar-refractivity contribution is -0.149. The number of imide groups is 1. The maximum atomic E-state index is 14.5. The highest BCUT2D eigenvalue weighted by Gasteiger charge is 2.46. The van der Waals surface area contributed by atoms with Crippen LogP contribution >= 0.6 is 12.4 Å². The number of rotatable bonds is 51. The highest BCUT2D eigenvalue weighted by Crippen LogP contribution is 2.35. The predicted octanol–water partition coefficient (Wildman–Crippen LogP) is 9.84. The first-order valence-corrected chi connectivity index (χ1v) is 42.1. The van der Waals surface area contributed by atoms with E-state index in [2.05, 4.69) is 51.0 Å². The largest absolute Gasteiger partial charge is 0.379 e. The van der Waals surface area contributed by atoms with Gasteiger partial charge >= 0.3 is 0 Å². The highest BCUT2D eigenvalue weighted by atomic mass is 35.5. The Labute approximate surface area is 704 Å². The minimum Gasteiger partial charge on any atom is -0.379 e. The number of hydrogen-bond donors (Lipinski definition) is 5. The molecule has 0 unspecified atom stereocenters. The van der Waals surface area contributed by atoms with Gasteiger partial charge in [0.2, 0.25) is 23.6 Å². The van der Waals surface area contributed by atoms with E-state index in [9.17, 15) is 47.9 Å². The molecular weight excluding hydrogens is 1520 g/mol. The van der Waals surface area contributed by atoms with E-state index in [-0.39, 0.29) is 169 Å². The number of hydrazine groups is 1. The Kier molecular flexibility index (Phi) is 47.8. The molecule has 660 valence electrons. The van der Waals surface area contributed by atoms with Crippen LogP contribution in [0.15, 0.2) is 73.3 Å². The van der Waals surface area contributed by atoms with Crippen LogP contribution in [0.1, 0.15) is 219 Å². The van der Waals surface area contributed by atoms with Crippen molar-refractivity contribution < 1.29 is 76.6 Å². The molecule has 1 aromatic carbocycles. The fourth-order valence-corrected chi connectivity index (χ4v) is 16.9. The van der Waals surface area contributed by atoms with Gasteiger partial charge in [0, 0.05) is 143 Å². The first kappa shape index (κ1) is 104. The fraction of sp³-hybridized carbons (Fsp3) is 0.705. The molecule has 2 aromatic heterocycles. The number of ether oxygens (including phenoxy) is 4. The summed E-state index contributed by atoms with van der Waals surface area (Å²) in [5.74, 6) is 9.36. The molecule has 3 aromatic rings. The summed E-state index contributed by atoms with van der Waals surface area (Å²) in [4.78, 5) is 162. The second-order valence-corrected chi connectivity index (χ2v) is 33.1. The summed E-state index contributed by atoms with van der Waals surface area (Å²) >= 11 is 0. The quantitative estimate of drug-likeness (QED) is 0.0152. The van der Waals surface area contributed by atoms with E-state index in [4.69, 9.17) is 29.7 Å². The van der Waals surface area contributed by atoms with Crippen LogP contribution in [0.25, 0.3) is 0 Å². The van der Waals surface area contributed by atoms with Crippen molar-refractivity contribution in [2.45, 2.75) is 260 Å². The van der Waals surface area contributed by atoms with E-state index in [0.717, 1.165) is 80.4 Å². The van der Waals surface area contributed by atoms with Gasteiger partial charge < -0.3 is 54.0 Å². The first-order valence-electron chi connectivity index (χ1n) is 42.1. The first-order chi connectivity index (χ1) is 55.3. The maximum Gasteiger partial charge on any atom is 0.285 e. The van der Waals surface area contributed by atoms with Gasteiger partial charge in [0.05, 0.1) is 97.8 Å². The van der Waals surface area contributed by atoms with Gasteiger partial charge in [-0.2, -0.15) is 0 Å². The Hall–Kier alpha value is -6.93. The molecule has 29 heteroatoms. The molecule has 8 N–H and O–H groups in total. The zero-order valence-corrected chi connectivity index (χ0v) is 74.7. The van der Waals surface area contributed by atoms with Crippen LogP contribution in [0.4, 0.5) is 0 Å². The smallest absolute Gasteiger partial charge is 0.285 e. The number of methoxy groups -OCH3 is 4. The highest BCUT2D eigenvalue weighted by molar-refractivity contribution is 6.20. The van der Waals surface area contributed by atoms with Crippen LogP contribution < -0.4 is 28.2 Å². The molecular formula is C88H145ClN12O16. The van der Waals surface area contributed by atoms with Crippen molar-refractivity contribution in [1.29, 1.82) is 0 Å². The number of carbonyl (C=O) groups excluding carboxylic acids is 10. The number of likely N-dealkylation sites (tertiary alicyclic amines) is 2. The predicted molar refractivity (Wildman–Crippen MR) is 454 cm³/mol. The molecule has 0 saturated carbocycles. The lowest BCUT2D eigenvalue weighted by atomic mass is 9.84. The Morgan fingerprint density at radius 2 is 0.872 bits per heavy atom. The number of ketones is 4. The molecule has 0 aliphatic carbocycles. The third-order valence-corrected chi connectivity index (χ3v) is 24.1. The lowest BCUT2D eigenvalue weighted by Crippen LogP contribution is -2.54. The van der Waals surface area contributed by atoms with Crippen molar-refractivity contribution in [3.63, 3.8) is 0 Å². The summed E-state index contributed by atoms with van der Waals surface area (Å²) in [6.45, 7) is 29.6. The molecule has 0 bridgehead atoms. The van der Waals surface area contributed by atoms with Crippen LogP contribution in [-0.4, -0.2) is 236 Å². The molecule has 2 saturated heterocycles. The molecule has 3 aliphatic rings. The number of benzene rings is 1. The Morgan fingerprint density at radius 1 is 0.513 bits per heavy atom. The molecule has 16 atom stereocenters. The zero-order chi connectivity index (χ0) is 86.6. The van der Waals surface area contributed by atoms with E-state index in [1.807, 2.05) is 117 Å². The molecule has 2 fully saturated rings. The van der Waals surface area contributed by atoms with Gasteiger partial charge in [0.15, 0.2) is 11.6 Å². The van der Waals surface area contributed by atoms with Crippen molar-refractivity contribution in [3.8, 4) is 0 Å². The SMILES string of the molecule is CC[C@H](C)[C@@H]([C@@H](CC(=O)N1CCC[C@H]1[C@H](OC)[C@@H](C)C(=O)CCCc1ccncc1)OC)N(C)C(=O)[C@@H](CC(=O)[C@@H](NCCON)C(C)C)C(C)C.CC[C@H](C)[C@@H]([C@@H](CC(=O)N1CCC[C@H]1[C@H](OC)[C@@H](C)C(=O)CCCc1ccncc1)OC)N(C)C(=O)[C@@H](CC(=O)[C@@H](NCCON1C(=O)c2ccccc2C1=O)C(C)C)C(C)C.Cl.NN. The summed E-state index contributed by atoms with van der Waals surface area (Å²) in [5, 5.41) is 7.22. The Balaban J connectivity index is 0.000000597. The third-order valence-electron chi connectivity index (χ3n) is 24.1. The number of nitrogens with zero attached hydrogens (tertiary/aromatic N) is 7. The van der Waals surface area contributed by atoms with Crippen LogP contribution in [0.2, 0.25) is 0 Å². The van der Waals surface area contributed by atoms with E-state index in [1.165, 1.54) is 0 Å². The van der Waals surface area contributed by atoms with Crippen molar-refractivity contribution in [2.75, 3.05) is 81.9 Å². The van der Waals surface area contributed by atoms with Gasteiger partial charge in [-0.1, -0.05) is 122 Å². The van der Waals surface area contributed by atoms with Crippen molar-refractivity contribution in [2.24, 2.45) is 76.8 Å². The van der Waals surface area contributed by atoms with Gasteiger partial charge in [-0.15, -0.1) is 17.5 Å². The topological polar surface area (TPSA) is 370 Å². The van der Waals surface area contributed by atoms with Crippen molar-refractivity contribution in [3.05, 3.63) is 95.6 Å². The van der Waals surface area contributed by atoms with E-state index in [0.29, 0.717) is 32.5 Å². The minimum absolute atomic E-state index is 0. The Morgan fingerprint density at radius 3 is 1.19 bits per heavy atom. The second-order valence-electron chi connectivity index (χ2n) is 33.1. The number of halogens is 1. The molecule has 0 spiro atoms. The van der Waals surface area contributed by atoms with E-state index in [1.54, 1.807) is 101 Å². The number of Topliss-reactive ketones (excluding diaryl/α,β-unsaturated/α-hetero) is 4. The van der Waals surface area contributed by atoms with E-state index < -0.39 is 78.2 Å². The van der Waals surface area contributed by atoms with Crippen LogP contribution in [0.3, 0.4) is 0 Å². The number of nitrogens with one attached hydrogen (secondary N) is 2. The average Bonchev–Trinajstić information content (AvgIpc) is 1.70. The summed E-state index contributed by atoms with van der Waals surface area (Å²) in [6, 6.07) is 12.0. The van der Waals surface area contributed by atoms with Gasteiger partial charge in [-0.3, -0.25) is 74.4 Å². The van der Waals surface area contributed by atoms with Crippen molar-refractivity contribution >= 4 is 71.0 Å². The normalized spacial score (nSPS) is 18.3. The number of aromatic nitrogens is 2. The number of carbonyl (C=O) groups is 10. The standard InChI is InChI=1S/C48H71N5O9.C40H69N5O7.ClH.H4N2/c1-11-32(6)44(41(60-9)29-42(56)52-26-15-19-38(52)45(61-10)33(7)39(54)20-14-16-34-21-23-49-24-22-34)51(8)46(57)37(30(2)3)28-40(55)43(31(4)5)50-25-27-62-53-47(58)35-17-12-13-18-36(35)48(53)59;1-11-28(6)38(44(8)40(49)31(26(2)3)24-34(47)37(27(4)5)43-21-23-52-41)35(50-9)25-36(48)45-22-13-15-32(45)39(51-10)29(7)33(46)16-12-14-30-17-19-42-20-18-30;;1-2/h12-13,17-18,21-24,30-33,37-38,41,43-45,50H,11,14-16,19-20,25-29H2,1-10H3;17-20,26-29,31-32,35,37-39,43H,11-16,21-25,41H2,1-10H3;1H;1-2H2/t32-,33-,37-,38-,41+,43-,44-,45+;28-,29-,31-,32-,35+,37-,38-,39+;;/m00../s1. The van der Waals surface area contributed by atoms with Gasteiger partial charge in [-0.05, 0) is 134 Å². The monoisotopic (exact) mass is 1660 g/mol. The number of aryl methyl sites for hydroxylation is 2. The number of nitrogens with two attached hydrogens (primary N) is 3. The van der Waals surface area contributed by atoms with Gasteiger partial charge in [-0.25, -0.2) is 5.90 Å². The third kappa shape index (κ3) is 30.0. The number of hydrogen-bond acceptors (Lipinski definition) is 23. The van der Waals surface area contributed by atoms with Crippen LogP contribution in [-0.2, 0) is 79.8 Å². The number of pyridine rings is 2. The molecule has 6 rings (SSSR count). The summed E-state index contributed by atoms with van der Waals surface area (Å²) in [7, 11) is 9.89. The van der Waals surface area contributed by atoms with Gasteiger partial charge in [0.1, 0.15) is 11.6 Å². The minimum atomic E-state index is -0.640. The molecule has 117 heavy (non-hydrogen) atoms. The fourth-order valence-electron chi connectivity index (χ4n) is 16.9. The number of fused-ring (bicyclic) bond motifs is 1. The molecule has 28 nitrogen and oxygen atoms in total. The van der Waals surface area contributed by atoms with Crippen LogP contribution in [0, 0.1) is 59.2 Å². The maximum absolute atomic E-state index is 14.5. The summed E-state index contributed by atoms with van der Waals surface area (Å²) < 4.78 is 24.0. The molecule has 3 aliphatic heterocycles. The van der Waals surface area contributed by atoms with Crippen molar-refractivity contribution in [1.82, 2.24) is 45.3 Å². The lowest BCUT2D eigenvalue weighted by Gasteiger charge is -2.41. The zero-order valence-electron chi connectivity index (χ0n) is 73.8. The molecule has 0 radical (unpaired) electrons. The summed E-state index contributed by atoms with van der Waals surface area (Å²) in [6.07, 6.45) is 13.6. The second kappa shape index (κ2) is 53.7. The van der Waals surface area contributed by atoms with Gasteiger partial charge in [0.25, 0.3) is 11.8 Å². The summed E-state index contributed by atoms with van der Waals surface area (Å²) in [5.41, 5.74) is 2.86. The Bertz CT molecular complexity index is 3470. The molecule has 6 amide bonds. The number of hydroxylamine groups is 2. The average molecular weight is 1660 g/mol. The van der Waals surface area contributed by atoms with E-state index >= 15 is 0 Å².